The maximum Gasteiger partial charge on any atom is 0.337 e. The van der Waals surface area contributed by atoms with E-state index in [-0.39, 0.29) is 5.41 Å². The van der Waals surface area contributed by atoms with Gasteiger partial charge >= 0.3 is 5.71 Å². The summed E-state index contributed by atoms with van der Waals surface area (Å²) in [4.78, 5) is 13.4. The van der Waals surface area contributed by atoms with Crippen LogP contribution in [0.5, 0.6) is 0 Å². The normalized spacial score (nSPS) is 20.8. The van der Waals surface area contributed by atoms with Gasteiger partial charge in [-0.2, -0.15) is 4.79 Å². The molecule has 0 atom stereocenters. The fraction of sp³-hybridized carbons (Fsp3) is 0.750. The molecule has 0 bridgehead atoms. The topological polar surface area (TPSA) is 53.5 Å². The van der Waals surface area contributed by atoms with Crippen LogP contribution in [-0.4, -0.2) is 16.8 Å². The predicted molar refractivity (Wildman–Crippen MR) is 41.3 cm³/mol. The molecule has 0 heterocycles. The van der Waals surface area contributed by atoms with Gasteiger partial charge in [-0.25, -0.2) is 0 Å². The van der Waals surface area contributed by atoms with Crippen molar-refractivity contribution in [1.29, 1.82) is 0 Å². The minimum Gasteiger partial charge on any atom is -0.361 e. The lowest BCUT2D eigenvalue weighted by Gasteiger charge is -2.13. The number of nitrogens with zero attached hydrogens (tertiary/aromatic N) is 2. The predicted octanol–water partition coefficient (Wildman–Crippen LogP) is 1.44. The number of aldehydes is 1. The second-order valence-corrected chi connectivity index (χ2v) is 3.37. The number of carbonyl (C=O) groups excluding carboxylic acids is 1. The molecule has 0 N–H and O–H groups in total. The van der Waals surface area contributed by atoms with Gasteiger partial charge in [0.1, 0.15) is 0 Å². The molecule has 60 valence electrons. The molecule has 1 fully saturated rings. The van der Waals surface area contributed by atoms with Crippen LogP contribution in [0.15, 0.2) is 0 Å². The lowest BCUT2D eigenvalue weighted by atomic mass is 9.84. The molecule has 3 heteroatoms. The highest BCUT2D eigenvalue weighted by atomic mass is 16.1. The Morgan fingerprint density at radius 2 is 2.09 bits per heavy atom. The number of carbonyl (C=O) groups is 1. The molecule has 1 saturated carbocycles. The summed E-state index contributed by atoms with van der Waals surface area (Å²) < 4.78 is 0. The Bertz CT molecular complexity index is 210. The number of rotatable bonds is 2. The quantitative estimate of drug-likeness (QED) is 0.255. The molecule has 1 aliphatic rings. The van der Waals surface area contributed by atoms with Crippen molar-refractivity contribution in [2.24, 2.45) is 5.41 Å². The molecule has 0 amide bonds. The summed E-state index contributed by atoms with van der Waals surface area (Å²) in [5.74, 6) is 0. The minimum absolute atomic E-state index is 0.156. The maximum atomic E-state index is 10.4. The zero-order valence-electron chi connectivity index (χ0n) is 6.71. The lowest BCUT2D eigenvalue weighted by molar-refractivity contribution is -0.108. The van der Waals surface area contributed by atoms with Crippen molar-refractivity contribution in [3.8, 4) is 0 Å². The van der Waals surface area contributed by atoms with E-state index >= 15 is 0 Å². The third-order valence-corrected chi connectivity index (χ3v) is 2.54. The van der Waals surface area contributed by atoms with Crippen molar-refractivity contribution in [3.05, 3.63) is 5.53 Å². The van der Waals surface area contributed by atoms with E-state index in [1.165, 1.54) is 0 Å². The smallest absolute Gasteiger partial charge is 0.337 e. The third kappa shape index (κ3) is 1.38. The second-order valence-electron chi connectivity index (χ2n) is 3.37. The molecule has 0 spiro atoms. The van der Waals surface area contributed by atoms with Gasteiger partial charge in [-0.05, 0) is 19.8 Å². The van der Waals surface area contributed by atoms with E-state index in [0.717, 1.165) is 25.7 Å². The highest BCUT2D eigenvalue weighted by Crippen LogP contribution is 2.37. The molecule has 1 rings (SSSR count). The van der Waals surface area contributed by atoms with Crippen molar-refractivity contribution < 1.29 is 9.58 Å². The van der Waals surface area contributed by atoms with Gasteiger partial charge in [0.2, 0.25) is 6.29 Å². The largest absolute Gasteiger partial charge is 0.361 e. The molecule has 0 aromatic rings. The van der Waals surface area contributed by atoms with Crippen molar-refractivity contribution in [2.45, 2.75) is 32.6 Å². The Labute approximate surface area is 66.0 Å². The van der Waals surface area contributed by atoms with Crippen molar-refractivity contribution in [3.63, 3.8) is 0 Å². The van der Waals surface area contributed by atoms with E-state index in [2.05, 4.69) is 4.79 Å². The molecule has 11 heavy (non-hydrogen) atoms. The zero-order valence-corrected chi connectivity index (χ0v) is 6.71. The fourth-order valence-electron chi connectivity index (χ4n) is 1.70. The first kappa shape index (κ1) is 8.15. The Balaban J connectivity index is 2.85. The van der Waals surface area contributed by atoms with Gasteiger partial charge in [-0.15, -0.1) is 0 Å². The average molecular weight is 152 g/mol. The summed E-state index contributed by atoms with van der Waals surface area (Å²) in [5.41, 5.74) is 8.65. The van der Waals surface area contributed by atoms with E-state index in [0.29, 0.717) is 12.0 Å². The molecular formula is C8H12N2O. The van der Waals surface area contributed by atoms with Crippen LogP contribution in [0.25, 0.3) is 5.53 Å². The second kappa shape index (κ2) is 2.97. The Morgan fingerprint density at radius 3 is 2.45 bits per heavy atom. The van der Waals surface area contributed by atoms with Crippen LogP contribution in [0.1, 0.15) is 32.6 Å². The summed E-state index contributed by atoms with van der Waals surface area (Å²) in [5, 5.41) is 0. The highest BCUT2D eigenvalue weighted by molar-refractivity contribution is 6.27. The van der Waals surface area contributed by atoms with E-state index in [9.17, 15) is 4.79 Å². The van der Waals surface area contributed by atoms with Gasteiger partial charge in [0.25, 0.3) is 0 Å². The molecule has 0 radical (unpaired) electrons. The monoisotopic (exact) mass is 152 g/mol. The lowest BCUT2D eigenvalue weighted by Crippen LogP contribution is -2.26. The highest BCUT2D eigenvalue weighted by Gasteiger charge is 2.39. The summed E-state index contributed by atoms with van der Waals surface area (Å²) in [6.45, 7) is 1.98. The Morgan fingerprint density at radius 1 is 1.55 bits per heavy atom. The van der Waals surface area contributed by atoms with Gasteiger partial charge in [-0.3, -0.25) is 4.79 Å². The SMILES string of the molecule is CC1(C(C=O)=[N+]=[N-])CCCC1. The molecule has 0 unspecified atom stereocenters. The Kier molecular flexibility index (Phi) is 2.20. The zero-order chi connectivity index (χ0) is 8.32. The van der Waals surface area contributed by atoms with Gasteiger partial charge < -0.3 is 5.53 Å². The van der Waals surface area contributed by atoms with Gasteiger partial charge in [0.05, 0.1) is 5.41 Å². The molecule has 0 saturated heterocycles. The van der Waals surface area contributed by atoms with Crippen LogP contribution in [0.3, 0.4) is 0 Å². The van der Waals surface area contributed by atoms with Crippen molar-refractivity contribution >= 4 is 12.0 Å². The summed E-state index contributed by atoms with van der Waals surface area (Å²) in [7, 11) is 0. The molecule has 0 aliphatic heterocycles. The Hall–Kier alpha value is -0.950. The summed E-state index contributed by atoms with van der Waals surface area (Å²) in [6, 6.07) is 0. The van der Waals surface area contributed by atoms with Crippen molar-refractivity contribution in [1.82, 2.24) is 0 Å². The van der Waals surface area contributed by atoms with E-state index in [1.807, 2.05) is 6.92 Å². The first-order chi connectivity index (χ1) is 5.23. The van der Waals surface area contributed by atoms with E-state index in [1.54, 1.807) is 0 Å². The van der Waals surface area contributed by atoms with Crippen LogP contribution in [0.2, 0.25) is 0 Å². The van der Waals surface area contributed by atoms with E-state index in [4.69, 9.17) is 5.53 Å². The standard InChI is InChI=1S/C8H12N2O/c1-8(4-2-3-5-8)7(6-11)10-9/h6H,2-5H2,1H3. The summed E-state index contributed by atoms with van der Waals surface area (Å²) >= 11 is 0. The van der Waals surface area contributed by atoms with Gasteiger partial charge in [-0.1, -0.05) is 12.8 Å². The first-order valence-electron chi connectivity index (χ1n) is 3.91. The molecule has 0 aromatic carbocycles. The molecule has 3 nitrogen and oxygen atoms in total. The fourth-order valence-corrected chi connectivity index (χ4v) is 1.70. The first-order valence-corrected chi connectivity index (χ1v) is 3.91. The molecule has 0 aromatic heterocycles. The average Bonchev–Trinajstić information content (AvgIpc) is 2.39. The van der Waals surface area contributed by atoms with Crippen LogP contribution >= 0.6 is 0 Å². The van der Waals surface area contributed by atoms with Crippen LogP contribution in [0.4, 0.5) is 0 Å². The third-order valence-electron chi connectivity index (χ3n) is 2.54. The molecule has 1 aliphatic carbocycles. The van der Waals surface area contributed by atoms with Gasteiger partial charge in [0, 0.05) is 0 Å². The van der Waals surface area contributed by atoms with Crippen LogP contribution < -0.4 is 0 Å². The minimum atomic E-state index is -0.156. The van der Waals surface area contributed by atoms with Gasteiger partial charge in [0.15, 0.2) is 0 Å². The van der Waals surface area contributed by atoms with Crippen LogP contribution in [0, 0.1) is 5.41 Å². The molecular weight excluding hydrogens is 140 g/mol. The number of hydrogen-bond acceptors (Lipinski definition) is 1. The van der Waals surface area contributed by atoms with Crippen molar-refractivity contribution in [2.75, 3.05) is 0 Å². The summed E-state index contributed by atoms with van der Waals surface area (Å²) in [6.07, 6.45) is 4.84. The van der Waals surface area contributed by atoms with Crippen LogP contribution in [-0.2, 0) is 4.79 Å². The maximum absolute atomic E-state index is 10.4. The van der Waals surface area contributed by atoms with E-state index < -0.39 is 0 Å². The number of hydrogen-bond donors (Lipinski definition) is 0.